The molecule has 0 aromatic carbocycles. The molecule has 12 heavy (non-hydrogen) atoms. The van der Waals surface area contributed by atoms with Crippen LogP contribution in [0.15, 0.2) is 0 Å². The number of carboxylic acid groups (broad SMARTS) is 2. The average molecular weight is 273 g/mol. The molecule has 0 heterocycles. The van der Waals surface area contributed by atoms with Crippen molar-refractivity contribution in [1.82, 2.24) is 0 Å². The second kappa shape index (κ2) is 11.0. The number of hydrogen-bond acceptors (Lipinski definition) is 2. The van der Waals surface area contributed by atoms with Crippen molar-refractivity contribution >= 4 is 11.9 Å². The van der Waals surface area contributed by atoms with E-state index in [0.29, 0.717) is 12.8 Å². The van der Waals surface area contributed by atoms with Gasteiger partial charge in [-0.2, -0.15) is 0 Å². The van der Waals surface area contributed by atoms with E-state index in [2.05, 4.69) is 0 Å². The Hall–Kier alpha value is -0.0210. The summed E-state index contributed by atoms with van der Waals surface area (Å²) >= 11 is 0. The van der Waals surface area contributed by atoms with Crippen LogP contribution < -0.4 is 0 Å². The maximum absolute atomic E-state index is 9.90. The van der Waals surface area contributed by atoms with Crippen LogP contribution >= 0.6 is 0 Å². The van der Waals surface area contributed by atoms with Gasteiger partial charge >= 0.3 is 11.9 Å². The third-order valence-corrected chi connectivity index (χ3v) is 1.03. The fraction of sp³-hybridized carbons (Fsp3) is 0.667. The summed E-state index contributed by atoms with van der Waals surface area (Å²) in [5.41, 5.74) is 0. The molecule has 0 rings (SSSR count). The third-order valence-electron chi connectivity index (χ3n) is 1.03. The van der Waals surface area contributed by atoms with Crippen LogP contribution in [0.1, 0.15) is 25.7 Å². The smallest absolute Gasteiger partial charge is 0.303 e. The topological polar surface area (TPSA) is 74.6 Å². The molecule has 6 heteroatoms. The van der Waals surface area contributed by atoms with Crippen molar-refractivity contribution in [1.29, 1.82) is 0 Å². The summed E-state index contributed by atoms with van der Waals surface area (Å²) in [6.07, 6.45) is 1.02. The fourth-order valence-electron chi connectivity index (χ4n) is 0.552. The van der Waals surface area contributed by atoms with Crippen molar-refractivity contribution in [2.45, 2.75) is 25.7 Å². The molecular weight excluding hydrogens is 263 g/mol. The minimum Gasteiger partial charge on any atom is -0.481 e. The summed E-state index contributed by atoms with van der Waals surface area (Å²) in [4.78, 5) is 19.8. The monoisotopic (exact) mass is 272 g/mol. The minimum atomic E-state index is -0.870. The van der Waals surface area contributed by atoms with E-state index in [4.69, 9.17) is 10.2 Å². The molecule has 0 aromatic rings. The average Bonchev–Trinajstić information content (AvgIpc) is 1.79. The van der Waals surface area contributed by atoms with Crippen LogP contribution in [0.4, 0.5) is 0 Å². The first kappa shape index (κ1) is 17.9. The van der Waals surface area contributed by atoms with E-state index >= 15 is 0 Å². The maximum Gasteiger partial charge on any atom is 0.303 e. The number of hydrogen-bond donors (Lipinski definition) is 2. The van der Waals surface area contributed by atoms with Gasteiger partial charge in [-0.1, -0.05) is 0 Å². The predicted molar refractivity (Wildman–Crippen MR) is 33.7 cm³/mol. The van der Waals surface area contributed by atoms with Crippen molar-refractivity contribution in [2.75, 3.05) is 0 Å². The molecule has 0 aliphatic carbocycles. The molecule has 0 bridgehead atoms. The Morgan fingerprint density at radius 3 is 1.25 bits per heavy atom. The van der Waals surface area contributed by atoms with E-state index in [1.807, 2.05) is 0 Å². The van der Waals surface area contributed by atoms with Gasteiger partial charge in [0.2, 0.25) is 0 Å². The van der Waals surface area contributed by atoms with Crippen molar-refractivity contribution in [2.24, 2.45) is 0 Å². The van der Waals surface area contributed by atoms with Gasteiger partial charge in [0.25, 0.3) is 0 Å². The zero-order valence-corrected chi connectivity index (χ0v) is 8.03. The maximum atomic E-state index is 9.90. The van der Waals surface area contributed by atoms with E-state index in [-0.39, 0.29) is 47.0 Å². The first-order chi connectivity index (χ1) is 4.63. The first-order valence-corrected chi connectivity index (χ1v) is 3.06. The van der Waals surface area contributed by atoms with Crippen LogP contribution in [-0.4, -0.2) is 22.2 Å². The Morgan fingerprint density at radius 1 is 0.833 bits per heavy atom. The van der Waals surface area contributed by atoms with Crippen LogP contribution in [0.2, 0.25) is 0 Å². The van der Waals surface area contributed by atoms with Gasteiger partial charge in [0, 0.05) is 47.0 Å². The van der Waals surface area contributed by atoms with Gasteiger partial charge in [-0.3, -0.25) is 9.59 Å². The number of unbranched alkanes of at least 4 members (excludes halogenated alkanes) is 1. The Bertz CT molecular complexity index is 122. The Morgan fingerprint density at radius 2 is 1.08 bits per heavy atom. The molecule has 0 saturated carbocycles. The van der Waals surface area contributed by atoms with Crippen LogP contribution in [0.3, 0.4) is 0 Å². The molecule has 0 fully saturated rings. The first-order valence-electron chi connectivity index (χ1n) is 3.06. The molecule has 0 atom stereocenters. The molecule has 0 saturated heterocycles. The van der Waals surface area contributed by atoms with Crippen LogP contribution in [0, 0.1) is 0 Å². The second-order valence-corrected chi connectivity index (χ2v) is 1.99. The molecule has 0 amide bonds. The second-order valence-electron chi connectivity index (χ2n) is 1.99. The van der Waals surface area contributed by atoms with Gasteiger partial charge in [-0.25, -0.2) is 0 Å². The van der Waals surface area contributed by atoms with E-state index in [9.17, 15) is 9.59 Å². The normalized spacial score (nSPS) is 7.67. The summed E-state index contributed by atoms with van der Waals surface area (Å²) in [5, 5.41) is 16.3. The van der Waals surface area contributed by atoms with E-state index in [1.165, 1.54) is 0 Å². The number of rotatable bonds is 5. The van der Waals surface area contributed by atoms with E-state index < -0.39 is 11.9 Å². The fourth-order valence-corrected chi connectivity index (χ4v) is 0.552. The van der Waals surface area contributed by atoms with E-state index in [0.717, 1.165) is 0 Å². The number of carbonyl (C=O) groups is 2. The summed E-state index contributed by atoms with van der Waals surface area (Å²) in [6.45, 7) is 0. The van der Waals surface area contributed by atoms with Crippen molar-refractivity contribution < 1.29 is 53.9 Å². The minimum absolute atomic E-state index is 0. The van der Waals surface area contributed by atoms with Crippen molar-refractivity contribution in [3.63, 3.8) is 0 Å². The van der Waals surface area contributed by atoms with Gasteiger partial charge in [-0.05, 0) is 12.8 Å². The quantitative estimate of drug-likeness (QED) is 0.571. The zero-order valence-electron chi connectivity index (χ0n) is 6.14. The SMILES string of the molecule is O=C(O)CCCCC(=O)O.[Cu].[Cu]. The number of carboxylic acids is 2. The molecule has 0 aromatic heterocycles. The largest absolute Gasteiger partial charge is 0.481 e. The summed E-state index contributed by atoms with van der Waals surface area (Å²) < 4.78 is 0. The molecule has 0 aliphatic heterocycles. The molecular formula is C6H10Cu2O4. The Balaban J connectivity index is -0.000000405. The third kappa shape index (κ3) is 16.5. The molecule has 0 unspecified atom stereocenters. The van der Waals surface area contributed by atoms with Gasteiger partial charge in [-0.15, -0.1) is 0 Å². The molecule has 0 spiro atoms. The van der Waals surface area contributed by atoms with Gasteiger partial charge in [0.1, 0.15) is 0 Å². The Labute approximate surface area is 91.7 Å². The van der Waals surface area contributed by atoms with Crippen molar-refractivity contribution in [3.05, 3.63) is 0 Å². The summed E-state index contributed by atoms with van der Waals surface area (Å²) in [5.74, 6) is -1.74. The van der Waals surface area contributed by atoms with Gasteiger partial charge < -0.3 is 10.2 Å². The molecule has 0 aliphatic rings. The molecule has 80 valence electrons. The van der Waals surface area contributed by atoms with Gasteiger partial charge in [0.05, 0.1) is 0 Å². The van der Waals surface area contributed by atoms with Crippen LogP contribution in [-0.2, 0) is 43.7 Å². The summed E-state index contributed by atoms with van der Waals surface area (Å²) in [7, 11) is 0. The van der Waals surface area contributed by atoms with Gasteiger partial charge in [0.15, 0.2) is 0 Å². The standard InChI is InChI=1S/C6H10O4.2Cu/c7-5(8)3-1-2-4-6(9)10;;/h1-4H2,(H,7,8)(H,9,10);;. The number of aliphatic carboxylic acids is 2. The predicted octanol–water partition coefficient (Wildman–Crippen LogP) is 0.711. The van der Waals surface area contributed by atoms with E-state index in [1.54, 1.807) is 0 Å². The zero-order chi connectivity index (χ0) is 7.98. The molecule has 2 N–H and O–H groups in total. The van der Waals surface area contributed by atoms with Crippen molar-refractivity contribution in [3.8, 4) is 0 Å². The van der Waals surface area contributed by atoms with Crippen LogP contribution in [0.5, 0.6) is 0 Å². The van der Waals surface area contributed by atoms with Crippen LogP contribution in [0.25, 0.3) is 0 Å². The Kier molecular flexibility index (Phi) is 16.4. The molecule has 4 nitrogen and oxygen atoms in total. The summed E-state index contributed by atoms with van der Waals surface area (Å²) in [6, 6.07) is 0. The molecule has 2 radical (unpaired) electrons.